The molecule has 1 heterocycles. The number of nitrogens with zero attached hydrogens (tertiary/aromatic N) is 1. The van der Waals surface area contributed by atoms with Gasteiger partial charge >= 0.3 is 0 Å². The van der Waals surface area contributed by atoms with Crippen molar-refractivity contribution in [1.29, 1.82) is 0 Å². The van der Waals surface area contributed by atoms with E-state index >= 15 is 0 Å². The van der Waals surface area contributed by atoms with Crippen LogP contribution in [0, 0.1) is 0 Å². The van der Waals surface area contributed by atoms with Gasteiger partial charge in [-0.2, -0.15) is 0 Å². The number of nitrogens with one attached hydrogen (secondary N) is 1. The summed E-state index contributed by atoms with van der Waals surface area (Å²) >= 11 is 0. The van der Waals surface area contributed by atoms with Crippen LogP contribution in [-0.2, 0) is 9.59 Å². The van der Waals surface area contributed by atoms with Crippen LogP contribution in [0.2, 0.25) is 0 Å². The van der Waals surface area contributed by atoms with E-state index in [0.717, 1.165) is 17.7 Å². The SMILES string of the molecule is CCC(CC)(CO)NC1CC(=O)N(C)C1=O. The number of hydrogen-bond acceptors (Lipinski definition) is 4. The van der Waals surface area contributed by atoms with Gasteiger partial charge in [-0.1, -0.05) is 13.8 Å². The van der Waals surface area contributed by atoms with Gasteiger partial charge < -0.3 is 5.11 Å². The van der Waals surface area contributed by atoms with E-state index < -0.39 is 11.6 Å². The number of rotatable bonds is 5. The standard InChI is InChI=1S/C11H20N2O3/c1-4-11(5-2,7-14)12-8-6-9(15)13(3)10(8)16/h8,12,14H,4-7H2,1-3H3. The maximum Gasteiger partial charge on any atom is 0.246 e. The molecule has 2 amide bonds. The first-order chi connectivity index (χ1) is 7.49. The third-order valence-electron chi connectivity index (χ3n) is 3.52. The Labute approximate surface area is 95.8 Å². The molecule has 0 aromatic carbocycles. The van der Waals surface area contributed by atoms with Gasteiger partial charge in [-0.25, -0.2) is 0 Å². The normalized spacial score (nSPS) is 22.0. The van der Waals surface area contributed by atoms with Crippen LogP contribution < -0.4 is 5.32 Å². The molecule has 16 heavy (non-hydrogen) atoms. The maximum atomic E-state index is 11.7. The predicted molar refractivity (Wildman–Crippen MR) is 59.7 cm³/mol. The molecule has 5 heteroatoms. The molecule has 1 unspecified atom stereocenters. The molecule has 1 fully saturated rings. The smallest absolute Gasteiger partial charge is 0.246 e. The number of likely N-dealkylation sites (tertiary alicyclic amines) is 1. The monoisotopic (exact) mass is 228 g/mol. The molecule has 1 atom stereocenters. The van der Waals surface area contributed by atoms with E-state index in [-0.39, 0.29) is 24.8 Å². The second kappa shape index (κ2) is 4.93. The fourth-order valence-electron chi connectivity index (χ4n) is 1.96. The van der Waals surface area contributed by atoms with Crippen LogP contribution in [0.25, 0.3) is 0 Å². The second-order valence-corrected chi connectivity index (χ2v) is 4.34. The lowest BCUT2D eigenvalue weighted by atomic mass is 9.92. The zero-order valence-corrected chi connectivity index (χ0v) is 10.1. The Morgan fingerprint density at radius 1 is 1.44 bits per heavy atom. The topological polar surface area (TPSA) is 69.6 Å². The predicted octanol–water partition coefficient (Wildman–Crippen LogP) is -0.116. The van der Waals surface area contributed by atoms with Crippen LogP contribution in [-0.4, -0.2) is 47.1 Å². The Morgan fingerprint density at radius 2 is 2.00 bits per heavy atom. The molecule has 0 aliphatic carbocycles. The zero-order valence-electron chi connectivity index (χ0n) is 10.1. The number of amides is 2. The van der Waals surface area contributed by atoms with Gasteiger partial charge in [-0.05, 0) is 12.8 Å². The van der Waals surface area contributed by atoms with Crippen molar-refractivity contribution in [3.8, 4) is 0 Å². The lowest BCUT2D eigenvalue weighted by molar-refractivity contribution is -0.137. The van der Waals surface area contributed by atoms with Crippen LogP contribution in [0.5, 0.6) is 0 Å². The number of hydrogen-bond donors (Lipinski definition) is 2. The number of aliphatic hydroxyl groups excluding tert-OH is 1. The van der Waals surface area contributed by atoms with Crippen molar-refractivity contribution in [3.05, 3.63) is 0 Å². The van der Waals surface area contributed by atoms with Crippen LogP contribution in [0.4, 0.5) is 0 Å². The highest BCUT2D eigenvalue weighted by Gasteiger charge is 2.40. The van der Waals surface area contributed by atoms with Gasteiger partial charge in [0.05, 0.1) is 19.1 Å². The van der Waals surface area contributed by atoms with E-state index in [1.165, 1.54) is 7.05 Å². The average Bonchev–Trinajstić information content (AvgIpc) is 2.54. The van der Waals surface area contributed by atoms with Gasteiger partial charge in [-0.3, -0.25) is 19.8 Å². The molecule has 0 saturated carbocycles. The highest BCUT2D eigenvalue weighted by Crippen LogP contribution is 2.19. The summed E-state index contributed by atoms with van der Waals surface area (Å²) in [4.78, 5) is 24.2. The molecule has 0 aromatic heterocycles. The van der Waals surface area contributed by atoms with Crippen molar-refractivity contribution in [3.63, 3.8) is 0 Å². The third-order valence-corrected chi connectivity index (χ3v) is 3.52. The van der Waals surface area contributed by atoms with Crippen molar-refractivity contribution in [2.75, 3.05) is 13.7 Å². The van der Waals surface area contributed by atoms with Gasteiger partial charge in [0.25, 0.3) is 0 Å². The Bertz CT molecular complexity index is 279. The van der Waals surface area contributed by atoms with Gasteiger partial charge in [0.1, 0.15) is 0 Å². The minimum absolute atomic E-state index is 0.0261. The Kier molecular flexibility index (Phi) is 4.04. The number of carbonyl (C=O) groups excluding carboxylic acids is 2. The summed E-state index contributed by atoms with van der Waals surface area (Å²) in [6.45, 7) is 3.89. The molecule has 0 spiro atoms. The first-order valence-corrected chi connectivity index (χ1v) is 5.68. The zero-order chi connectivity index (χ0) is 12.3. The number of imide groups is 1. The number of carbonyl (C=O) groups is 2. The molecule has 0 radical (unpaired) electrons. The largest absolute Gasteiger partial charge is 0.394 e. The van der Waals surface area contributed by atoms with Crippen molar-refractivity contribution >= 4 is 11.8 Å². The number of aliphatic hydroxyl groups is 1. The summed E-state index contributed by atoms with van der Waals surface area (Å²) in [7, 11) is 1.49. The summed E-state index contributed by atoms with van der Waals surface area (Å²) < 4.78 is 0. The van der Waals surface area contributed by atoms with Crippen LogP contribution in [0.3, 0.4) is 0 Å². The van der Waals surface area contributed by atoms with Gasteiger partial charge in [-0.15, -0.1) is 0 Å². The van der Waals surface area contributed by atoms with E-state index in [2.05, 4.69) is 5.32 Å². The van der Waals surface area contributed by atoms with E-state index in [4.69, 9.17) is 0 Å². The molecule has 92 valence electrons. The Hall–Kier alpha value is -0.940. The van der Waals surface area contributed by atoms with Gasteiger partial charge in [0.2, 0.25) is 11.8 Å². The molecule has 2 N–H and O–H groups in total. The lowest BCUT2D eigenvalue weighted by Crippen LogP contribution is -2.54. The van der Waals surface area contributed by atoms with E-state index in [1.54, 1.807) is 0 Å². The minimum atomic E-state index is -0.482. The molecule has 1 rings (SSSR count). The Morgan fingerprint density at radius 3 is 2.31 bits per heavy atom. The first-order valence-electron chi connectivity index (χ1n) is 5.68. The number of likely N-dealkylation sites (N-methyl/N-ethyl adjacent to an activating group) is 1. The fourth-order valence-corrected chi connectivity index (χ4v) is 1.96. The quantitative estimate of drug-likeness (QED) is 0.644. The van der Waals surface area contributed by atoms with Crippen LogP contribution in [0.1, 0.15) is 33.1 Å². The minimum Gasteiger partial charge on any atom is -0.394 e. The van der Waals surface area contributed by atoms with Gasteiger partial charge in [0, 0.05) is 12.6 Å². The molecule has 1 saturated heterocycles. The molecule has 1 aliphatic heterocycles. The van der Waals surface area contributed by atoms with Crippen LogP contribution in [0.15, 0.2) is 0 Å². The van der Waals surface area contributed by atoms with Crippen molar-refractivity contribution < 1.29 is 14.7 Å². The first kappa shape index (κ1) is 13.1. The molecule has 0 aromatic rings. The molecular weight excluding hydrogens is 208 g/mol. The average molecular weight is 228 g/mol. The highest BCUT2D eigenvalue weighted by atomic mass is 16.3. The fraction of sp³-hybridized carbons (Fsp3) is 0.818. The van der Waals surface area contributed by atoms with E-state index in [1.807, 2.05) is 13.8 Å². The molecule has 1 aliphatic rings. The summed E-state index contributed by atoms with van der Waals surface area (Å²) in [5, 5.41) is 12.5. The summed E-state index contributed by atoms with van der Waals surface area (Å²) in [5.74, 6) is -0.369. The second-order valence-electron chi connectivity index (χ2n) is 4.34. The lowest BCUT2D eigenvalue weighted by Gasteiger charge is -2.33. The summed E-state index contributed by atoms with van der Waals surface area (Å²) in [5.41, 5.74) is -0.453. The van der Waals surface area contributed by atoms with E-state index in [9.17, 15) is 14.7 Å². The summed E-state index contributed by atoms with van der Waals surface area (Å²) in [6, 6.07) is -0.482. The highest BCUT2D eigenvalue weighted by molar-refractivity contribution is 6.05. The Balaban J connectivity index is 2.74. The maximum absolute atomic E-state index is 11.7. The molecule has 0 bridgehead atoms. The molecular formula is C11H20N2O3. The molecule has 5 nitrogen and oxygen atoms in total. The van der Waals surface area contributed by atoms with Gasteiger partial charge in [0.15, 0.2) is 0 Å². The summed E-state index contributed by atoms with van der Waals surface area (Å²) in [6.07, 6.45) is 1.64. The van der Waals surface area contributed by atoms with E-state index in [0.29, 0.717) is 0 Å². The van der Waals surface area contributed by atoms with Crippen LogP contribution >= 0.6 is 0 Å². The van der Waals surface area contributed by atoms with Crippen molar-refractivity contribution in [2.45, 2.75) is 44.7 Å². The van der Waals surface area contributed by atoms with Crippen molar-refractivity contribution in [2.24, 2.45) is 0 Å². The third kappa shape index (κ3) is 2.25. The van der Waals surface area contributed by atoms with Crippen molar-refractivity contribution in [1.82, 2.24) is 10.2 Å².